The van der Waals surface area contributed by atoms with Gasteiger partial charge in [0.15, 0.2) is 0 Å². The third-order valence-electron chi connectivity index (χ3n) is 5.01. The molecule has 0 saturated carbocycles. The Hall–Kier alpha value is -0.180. The third kappa shape index (κ3) is 4.14. The average molecular weight is 394 g/mol. The van der Waals surface area contributed by atoms with Crippen LogP contribution in [0.1, 0.15) is 23.1 Å². The Morgan fingerprint density at radius 2 is 1.92 bits per heavy atom. The monoisotopic (exact) mass is 393 g/mol. The molecule has 2 saturated heterocycles. The van der Waals surface area contributed by atoms with Gasteiger partial charge in [-0.15, -0.1) is 23.7 Å². The molecule has 5 nitrogen and oxygen atoms in total. The minimum absolute atomic E-state index is 0. The number of aryl methyl sites for hydroxylation is 2. The number of nitrogens with one attached hydrogen (secondary N) is 1. The summed E-state index contributed by atoms with van der Waals surface area (Å²) in [6.45, 7) is 12.3. The molecule has 0 aliphatic carbocycles. The van der Waals surface area contributed by atoms with Crippen LogP contribution in [0.4, 0.5) is 0 Å². The van der Waals surface area contributed by atoms with E-state index in [9.17, 15) is 8.42 Å². The Morgan fingerprint density at radius 3 is 2.42 bits per heavy atom. The Morgan fingerprint density at radius 1 is 1.25 bits per heavy atom. The number of rotatable bonds is 4. The summed E-state index contributed by atoms with van der Waals surface area (Å²) >= 11 is 1.56. The van der Waals surface area contributed by atoms with Gasteiger partial charge in [0.25, 0.3) is 0 Å². The number of halogens is 1. The smallest absolute Gasteiger partial charge is 0.244 e. The average Bonchev–Trinajstić information content (AvgIpc) is 3.05. The van der Waals surface area contributed by atoms with E-state index in [0.29, 0.717) is 23.4 Å². The first kappa shape index (κ1) is 20.1. The van der Waals surface area contributed by atoms with E-state index in [1.54, 1.807) is 15.6 Å². The van der Waals surface area contributed by atoms with Gasteiger partial charge in [-0.2, -0.15) is 4.31 Å². The fraction of sp³-hybridized carbons (Fsp3) is 0.750. The quantitative estimate of drug-likeness (QED) is 0.851. The molecule has 3 rings (SSSR count). The number of hydrogen-bond donors (Lipinski definition) is 1. The van der Waals surface area contributed by atoms with E-state index in [0.717, 1.165) is 42.5 Å². The fourth-order valence-corrected chi connectivity index (χ4v) is 6.62. The van der Waals surface area contributed by atoms with Crippen molar-refractivity contribution in [3.8, 4) is 0 Å². The maximum absolute atomic E-state index is 12.8. The highest BCUT2D eigenvalue weighted by molar-refractivity contribution is 7.89. The Labute approximate surface area is 155 Å². The van der Waals surface area contributed by atoms with Gasteiger partial charge in [0.1, 0.15) is 0 Å². The molecular weight excluding hydrogens is 366 g/mol. The molecule has 1 atom stereocenters. The zero-order chi connectivity index (χ0) is 16.7. The Bertz CT molecular complexity index is 661. The molecule has 1 aromatic rings. The summed E-state index contributed by atoms with van der Waals surface area (Å²) in [4.78, 5) is 4.88. The summed E-state index contributed by atoms with van der Waals surface area (Å²) in [6, 6.07) is 1.81. The van der Waals surface area contributed by atoms with Gasteiger partial charge in [-0.05, 0) is 38.3 Å². The second-order valence-electron chi connectivity index (χ2n) is 7.20. The number of nitrogens with zero attached hydrogens (tertiary/aromatic N) is 2. The first-order valence-corrected chi connectivity index (χ1v) is 10.6. The molecule has 2 fully saturated rings. The molecule has 0 radical (unpaired) electrons. The molecule has 1 aromatic heterocycles. The van der Waals surface area contributed by atoms with Crippen LogP contribution in [0.3, 0.4) is 0 Å². The second-order valence-corrected chi connectivity index (χ2v) is 10.6. The van der Waals surface area contributed by atoms with E-state index in [2.05, 4.69) is 17.1 Å². The molecular formula is C16H28ClN3O2S2. The number of hydrogen-bond acceptors (Lipinski definition) is 5. The van der Waals surface area contributed by atoms with Crippen molar-refractivity contribution in [2.24, 2.45) is 5.41 Å². The lowest BCUT2D eigenvalue weighted by Crippen LogP contribution is -2.51. The highest BCUT2D eigenvalue weighted by Crippen LogP contribution is 2.29. The van der Waals surface area contributed by atoms with Crippen molar-refractivity contribution in [1.29, 1.82) is 0 Å². The van der Waals surface area contributed by atoms with Gasteiger partial charge < -0.3 is 10.2 Å². The topological polar surface area (TPSA) is 52.7 Å². The standard InChI is InChI=1S/C16H27N3O2S2.ClH/c1-13-10-15(14(2)22-13)23(20,21)19-8-6-18(7-9-19)12-16(3)4-5-17-11-16;/h10,17H,4-9,11-12H2,1-3H3;1H. The van der Waals surface area contributed by atoms with Crippen LogP contribution >= 0.6 is 23.7 Å². The number of sulfonamides is 1. The molecule has 0 bridgehead atoms. The molecule has 24 heavy (non-hydrogen) atoms. The summed E-state index contributed by atoms with van der Waals surface area (Å²) in [5.41, 5.74) is 0.335. The van der Waals surface area contributed by atoms with E-state index < -0.39 is 10.0 Å². The second kappa shape index (κ2) is 7.60. The van der Waals surface area contributed by atoms with E-state index in [1.165, 1.54) is 6.42 Å². The van der Waals surface area contributed by atoms with Crippen LogP contribution in [0.5, 0.6) is 0 Å². The summed E-state index contributed by atoms with van der Waals surface area (Å²) in [6.07, 6.45) is 1.21. The van der Waals surface area contributed by atoms with Crippen LogP contribution in [-0.4, -0.2) is 63.4 Å². The predicted molar refractivity (Wildman–Crippen MR) is 102 cm³/mol. The van der Waals surface area contributed by atoms with Crippen LogP contribution in [0.15, 0.2) is 11.0 Å². The first-order chi connectivity index (χ1) is 10.8. The molecule has 0 spiro atoms. The summed E-state index contributed by atoms with van der Waals surface area (Å²) in [7, 11) is -3.33. The van der Waals surface area contributed by atoms with Crippen molar-refractivity contribution in [3.05, 3.63) is 15.8 Å². The zero-order valence-corrected chi connectivity index (χ0v) is 17.1. The number of piperazine rings is 1. The van der Waals surface area contributed by atoms with Crippen molar-refractivity contribution < 1.29 is 8.42 Å². The lowest BCUT2D eigenvalue weighted by molar-refractivity contribution is 0.132. The molecule has 1 unspecified atom stereocenters. The first-order valence-electron chi connectivity index (χ1n) is 8.30. The van der Waals surface area contributed by atoms with Crippen LogP contribution in [0, 0.1) is 19.3 Å². The van der Waals surface area contributed by atoms with Crippen molar-refractivity contribution in [3.63, 3.8) is 0 Å². The zero-order valence-electron chi connectivity index (χ0n) is 14.7. The minimum atomic E-state index is -3.33. The molecule has 1 N–H and O–H groups in total. The van der Waals surface area contributed by atoms with Crippen LogP contribution in [0.25, 0.3) is 0 Å². The van der Waals surface area contributed by atoms with Gasteiger partial charge in [0, 0.05) is 49.0 Å². The lowest BCUT2D eigenvalue weighted by atomic mass is 9.89. The fourth-order valence-electron chi connectivity index (χ4n) is 3.67. The molecule has 2 aliphatic rings. The number of thiophene rings is 1. The summed E-state index contributed by atoms with van der Waals surface area (Å²) in [5.74, 6) is 0. The Kier molecular flexibility index (Phi) is 6.37. The minimum Gasteiger partial charge on any atom is -0.316 e. The van der Waals surface area contributed by atoms with Crippen LogP contribution in [-0.2, 0) is 10.0 Å². The van der Waals surface area contributed by atoms with E-state index >= 15 is 0 Å². The van der Waals surface area contributed by atoms with Crippen molar-refractivity contribution >= 4 is 33.8 Å². The van der Waals surface area contributed by atoms with E-state index in [-0.39, 0.29) is 12.4 Å². The Balaban J connectivity index is 0.00000208. The van der Waals surface area contributed by atoms with E-state index in [1.807, 2.05) is 19.9 Å². The predicted octanol–water partition coefficient (Wildman–Crippen LogP) is 2.09. The molecule has 0 amide bonds. The van der Waals surface area contributed by atoms with Crippen molar-refractivity contribution in [1.82, 2.24) is 14.5 Å². The highest BCUT2D eigenvalue weighted by Gasteiger charge is 2.34. The maximum atomic E-state index is 12.8. The van der Waals surface area contributed by atoms with Crippen LogP contribution < -0.4 is 5.32 Å². The largest absolute Gasteiger partial charge is 0.316 e. The van der Waals surface area contributed by atoms with Gasteiger partial charge >= 0.3 is 0 Å². The molecule has 0 aromatic carbocycles. The van der Waals surface area contributed by atoms with Crippen molar-refractivity contribution in [2.75, 3.05) is 45.8 Å². The SMILES string of the molecule is Cc1cc(S(=O)(=O)N2CCN(CC3(C)CCNC3)CC2)c(C)s1.Cl. The molecule has 3 heterocycles. The molecule has 2 aliphatic heterocycles. The van der Waals surface area contributed by atoms with Gasteiger partial charge in [-0.1, -0.05) is 6.92 Å². The van der Waals surface area contributed by atoms with Gasteiger partial charge in [-0.25, -0.2) is 8.42 Å². The lowest BCUT2D eigenvalue weighted by Gasteiger charge is -2.38. The summed E-state index contributed by atoms with van der Waals surface area (Å²) in [5, 5.41) is 3.43. The molecule has 8 heteroatoms. The van der Waals surface area contributed by atoms with Crippen LogP contribution in [0.2, 0.25) is 0 Å². The maximum Gasteiger partial charge on any atom is 0.244 e. The normalized spacial score (nSPS) is 26.5. The van der Waals surface area contributed by atoms with Gasteiger partial charge in [-0.3, -0.25) is 0 Å². The van der Waals surface area contributed by atoms with Gasteiger partial charge in [0.2, 0.25) is 10.0 Å². The summed E-state index contributed by atoms with van der Waals surface area (Å²) < 4.78 is 27.3. The van der Waals surface area contributed by atoms with Crippen molar-refractivity contribution in [2.45, 2.75) is 32.1 Å². The van der Waals surface area contributed by atoms with Gasteiger partial charge in [0.05, 0.1) is 4.90 Å². The molecule has 138 valence electrons. The van der Waals surface area contributed by atoms with E-state index in [4.69, 9.17) is 0 Å². The highest BCUT2D eigenvalue weighted by atomic mass is 35.5. The third-order valence-corrected chi connectivity index (χ3v) is 8.13.